The van der Waals surface area contributed by atoms with Gasteiger partial charge in [-0.1, -0.05) is 0 Å². The van der Waals surface area contributed by atoms with E-state index >= 15 is 0 Å². The summed E-state index contributed by atoms with van der Waals surface area (Å²) in [7, 11) is 0. The van der Waals surface area contributed by atoms with E-state index in [1.165, 1.54) is 0 Å². The lowest BCUT2D eigenvalue weighted by Crippen LogP contribution is -2.05. The SMILES string of the molecule is CCOC(=O)c1sc2cc(C(F)(F)F)cnc2c1C. The molecular formula is C12H10F3NO2S. The van der Waals surface area contributed by atoms with Gasteiger partial charge in [0.2, 0.25) is 0 Å². The Balaban J connectivity index is 2.54. The third kappa shape index (κ3) is 2.56. The van der Waals surface area contributed by atoms with Crippen molar-refractivity contribution in [3.05, 3.63) is 28.3 Å². The molecule has 0 unspecified atom stereocenters. The van der Waals surface area contributed by atoms with Gasteiger partial charge in [-0.3, -0.25) is 4.98 Å². The Bertz CT molecular complexity index is 634. The molecule has 0 atom stereocenters. The van der Waals surface area contributed by atoms with Crippen molar-refractivity contribution < 1.29 is 22.7 Å². The lowest BCUT2D eigenvalue weighted by atomic mass is 10.2. The summed E-state index contributed by atoms with van der Waals surface area (Å²) in [6, 6.07) is 1.00. The molecular weight excluding hydrogens is 279 g/mol. The molecule has 0 saturated carbocycles. The van der Waals surface area contributed by atoms with Gasteiger partial charge < -0.3 is 4.74 Å². The summed E-state index contributed by atoms with van der Waals surface area (Å²) in [4.78, 5) is 15.7. The molecule has 2 heterocycles. The quantitative estimate of drug-likeness (QED) is 0.789. The number of thiophene rings is 1. The number of carbonyl (C=O) groups excluding carboxylic acids is 1. The molecule has 0 saturated heterocycles. The molecule has 7 heteroatoms. The van der Waals surface area contributed by atoms with Crippen molar-refractivity contribution >= 4 is 27.5 Å². The molecule has 0 spiro atoms. The number of ether oxygens (including phenoxy) is 1. The van der Waals surface area contributed by atoms with E-state index in [9.17, 15) is 18.0 Å². The van der Waals surface area contributed by atoms with Crippen LogP contribution in [0.25, 0.3) is 10.2 Å². The lowest BCUT2D eigenvalue weighted by molar-refractivity contribution is -0.137. The number of fused-ring (bicyclic) bond motifs is 1. The largest absolute Gasteiger partial charge is 0.462 e. The predicted molar refractivity (Wildman–Crippen MR) is 65.3 cm³/mol. The number of carbonyl (C=O) groups is 1. The Morgan fingerprint density at radius 1 is 1.47 bits per heavy atom. The van der Waals surface area contributed by atoms with Crippen LogP contribution in [-0.2, 0) is 10.9 Å². The average molecular weight is 289 g/mol. The van der Waals surface area contributed by atoms with Crippen LogP contribution in [0.3, 0.4) is 0 Å². The second-order valence-electron chi connectivity index (χ2n) is 3.85. The first kappa shape index (κ1) is 13.8. The van der Waals surface area contributed by atoms with E-state index in [0.717, 1.165) is 23.6 Å². The first-order valence-corrected chi connectivity index (χ1v) is 6.29. The van der Waals surface area contributed by atoms with Gasteiger partial charge in [-0.05, 0) is 19.9 Å². The second-order valence-corrected chi connectivity index (χ2v) is 4.90. The van der Waals surface area contributed by atoms with Crippen molar-refractivity contribution in [2.45, 2.75) is 20.0 Å². The molecule has 0 fully saturated rings. The number of hydrogen-bond acceptors (Lipinski definition) is 4. The van der Waals surface area contributed by atoms with E-state index < -0.39 is 17.7 Å². The molecule has 2 aromatic heterocycles. The van der Waals surface area contributed by atoms with Gasteiger partial charge in [0.05, 0.1) is 22.4 Å². The van der Waals surface area contributed by atoms with E-state index in [2.05, 4.69) is 4.98 Å². The van der Waals surface area contributed by atoms with E-state index in [-0.39, 0.29) is 6.61 Å². The highest BCUT2D eigenvalue weighted by Gasteiger charge is 2.31. The van der Waals surface area contributed by atoms with Crippen LogP contribution in [-0.4, -0.2) is 17.6 Å². The zero-order valence-corrected chi connectivity index (χ0v) is 11.0. The summed E-state index contributed by atoms with van der Waals surface area (Å²) in [6.07, 6.45) is -3.67. The molecule has 102 valence electrons. The molecule has 2 rings (SSSR count). The average Bonchev–Trinajstić information content (AvgIpc) is 2.66. The third-order valence-corrected chi connectivity index (χ3v) is 3.76. The highest BCUT2D eigenvalue weighted by molar-refractivity contribution is 7.21. The number of hydrogen-bond donors (Lipinski definition) is 0. The molecule has 0 amide bonds. The highest BCUT2D eigenvalue weighted by atomic mass is 32.1. The van der Waals surface area contributed by atoms with Crippen LogP contribution < -0.4 is 0 Å². The molecule has 0 aliphatic rings. The first-order valence-electron chi connectivity index (χ1n) is 5.48. The minimum Gasteiger partial charge on any atom is -0.462 e. The molecule has 0 aliphatic carbocycles. The van der Waals surface area contributed by atoms with Crippen LogP contribution in [0.1, 0.15) is 27.7 Å². The number of aromatic nitrogens is 1. The van der Waals surface area contributed by atoms with Crippen molar-refractivity contribution in [1.29, 1.82) is 0 Å². The van der Waals surface area contributed by atoms with E-state index in [1.54, 1.807) is 13.8 Å². The molecule has 19 heavy (non-hydrogen) atoms. The minimum absolute atomic E-state index is 0.216. The van der Waals surface area contributed by atoms with Crippen LogP contribution in [0, 0.1) is 6.92 Å². The lowest BCUT2D eigenvalue weighted by Gasteiger charge is -2.05. The van der Waals surface area contributed by atoms with Crippen molar-refractivity contribution in [1.82, 2.24) is 4.98 Å². The van der Waals surface area contributed by atoms with Crippen LogP contribution in [0.5, 0.6) is 0 Å². The first-order chi connectivity index (χ1) is 8.84. The van der Waals surface area contributed by atoms with Crippen molar-refractivity contribution in [3.8, 4) is 0 Å². The molecule has 0 N–H and O–H groups in total. The van der Waals surface area contributed by atoms with Crippen molar-refractivity contribution in [2.75, 3.05) is 6.61 Å². The molecule has 3 nitrogen and oxygen atoms in total. The Labute approximate surface area is 111 Å². The Hall–Kier alpha value is -1.63. The van der Waals surface area contributed by atoms with Gasteiger partial charge in [0, 0.05) is 11.8 Å². The van der Waals surface area contributed by atoms with E-state index in [0.29, 0.717) is 20.7 Å². The fourth-order valence-corrected chi connectivity index (χ4v) is 2.74. The number of aryl methyl sites for hydroxylation is 1. The van der Waals surface area contributed by atoms with Gasteiger partial charge in [-0.2, -0.15) is 13.2 Å². The summed E-state index contributed by atoms with van der Waals surface area (Å²) in [5.41, 5.74) is 0.130. The van der Waals surface area contributed by atoms with Crippen molar-refractivity contribution in [2.24, 2.45) is 0 Å². The zero-order valence-electron chi connectivity index (χ0n) is 10.2. The number of nitrogens with zero attached hydrogens (tertiary/aromatic N) is 1. The Morgan fingerprint density at radius 3 is 2.74 bits per heavy atom. The van der Waals surface area contributed by atoms with Gasteiger partial charge >= 0.3 is 12.1 Å². The molecule has 0 radical (unpaired) electrons. The summed E-state index contributed by atoms with van der Waals surface area (Å²) in [6.45, 7) is 3.53. The van der Waals surface area contributed by atoms with Gasteiger partial charge in [-0.15, -0.1) is 11.3 Å². The maximum absolute atomic E-state index is 12.6. The van der Waals surface area contributed by atoms with Crippen LogP contribution in [0.2, 0.25) is 0 Å². The second kappa shape index (κ2) is 4.80. The van der Waals surface area contributed by atoms with Gasteiger partial charge in [0.15, 0.2) is 0 Å². The molecule has 0 aromatic carbocycles. The molecule has 0 aliphatic heterocycles. The standard InChI is InChI=1S/C12H10F3NO2S/c1-3-18-11(17)10-6(2)9-8(19-10)4-7(5-16-9)12(13,14)15/h4-5H,3H2,1-2H3. The summed E-state index contributed by atoms with van der Waals surface area (Å²) in [5, 5.41) is 0. The molecule has 0 bridgehead atoms. The van der Waals surface area contributed by atoms with Gasteiger partial charge in [-0.25, -0.2) is 4.79 Å². The zero-order chi connectivity index (χ0) is 14.2. The van der Waals surface area contributed by atoms with E-state index in [4.69, 9.17) is 4.74 Å². The third-order valence-electron chi connectivity index (χ3n) is 2.55. The van der Waals surface area contributed by atoms with Gasteiger partial charge in [0.1, 0.15) is 4.88 Å². The Kier molecular flexibility index (Phi) is 3.49. The fourth-order valence-electron chi connectivity index (χ4n) is 1.64. The number of alkyl halides is 3. The number of rotatable bonds is 2. The summed E-state index contributed by atoms with van der Waals surface area (Å²) < 4.78 is 42.9. The topological polar surface area (TPSA) is 39.2 Å². The highest BCUT2D eigenvalue weighted by Crippen LogP contribution is 2.35. The predicted octanol–water partition coefficient (Wildman–Crippen LogP) is 3.80. The van der Waals surface area contributed by atoms with E-state index in [1.807, 2.05) is 0 Å². The normalized spacial score (nSPS) is 11.8. The maximum atomic E-state index is 12.6. The maximum Gasteiger partial charge on any atom is 0.417 e. The van der Waals surface area contributed by atoms with Crippen LogP contribution in [0.4, 0.5) is 13.2 Å². The fraction of sp³-hybridized carbons (Fsp3) is 0.333. The number of esters is 1. The smallest absolute Gasteiger partial charge is 0.417 e. The Morgan fingerprint density at radius 2 is 2.16 bits per heavy atom. The minimum atomic E-state index is -4.44. The van der Waals surface area contributed by atoms with Crippen LogP contribution >= 0.6 is 11.3 Å². The summed E-state index contributed by atoms with van der Waals surface area (Å²) in [5.74, 6) is -0.531. The van der Waals surface area contributed by atoms with Crippen LogP contribution in [0.15, 0.2) is 12.3 Å². The van der Waals surface area contributed by atoms with Crippen molar-refractivity contribution in [3.63, 3.8) is 0 Å². The van der Waals surface area contributed by atoms with Gasteiger partial charge in [0.25, 0.3) is 0 Å². The molecule has 2 aromatic rings. The summed E-state index contributed by atoms with van der Waals surface area (Å²) >= 11 is 0.965. The number of pyridine rings is 1. The number of halogens is 3. The monoisotopic (exact) mass is 289 g/mol.